The highest BCUT2D eigenvalue weighted by molar-refractivity contribution is 9.10. The van der Waals surface area contributed by atoms with Crippen LogP contribution >= 0.6 is 15.9 Å². The largest absolute Gasteiger partial charge is 0.307 e. The second kappa shape index (κ2) is 4.74. The molecule has 2 heterocycles. The van der Waals surface area contributed by atoms with Crippen molar-refractivity contribution in [1.82, 2.24) is 19.9 Å². The first-order valence-electron chi connectivity index (χ1n) is 6.06. The highest BCUT2D eigenvalue weighted by atomic mass is 79.9. The third kappa shape index (κ3) is 2.21. The maximum absolute atomic E-state index is 4.24. The van der Waals surface area contributed by atoms with Crippen molar-refractivity contribution in [2.24, 2.45) is 0 Å². The molecule has 1 aliphatic rings. The molecule has 0 aliphatic heterocycles. The molecule has 1 aliphatic carbocycles. The van der Waals surface area contributed by atoms with Crippen molar-refractivity contribution in [3.8, 4) is 0 Å². The van der Waals surface area contributed by atoms with Crippen LogP contribution in [-0.4, -0.2) is 20.6 Å². The summed E-state index contributed by atoms with van der Waals surface area (Å²) in [5.74, 6) is 0.980. The van der Waals surface area contributed by atoms with Crippen molar-refractivity contribution in [2.75, 3.05) is 0 Å². The van der Waals surface area contributed by atoms with E-state index in [0.717, 1.165) is 22.5 Å². The minimum Gasteiger partial charge on any atom is -0.307 e. The van der Waals surface area contributed by atoms with Gasteiger partial charge >= 0.3 is 0 Å². The number of hydrogen-bond donors (Lipinski definition) is 1. The number of rotatable bonds is 3. The molecule has 0 unspecified atom stereocenters. The molecule has 0 atom stereocenters. The van der Waals surface area contributed by atoms with Gasteiger partial charge in [0.05, 0.1) is 11.0 Å². The molecule has 4 nitrogen and oxygen atoms in total. The third-order valence-electron chi connectivity index (χ3n) is 3.36. The van der Waals surface area contributed by atoms with Gasteiger partial charge in [0.1, 0.15) is 0 Å². The van der Waals surface area contributed by atoms with Crippen LogP contribution in [0.3, 0.4) is 0 Å². The number of nitrogens with zero attached hydrogens (tertiary/aromatic N) is 3. The van der Waals surface area contributed by atoms with Crippen LogP contribution in [0.4, 0.5) is 0 Å². The Hall–Kier alpha value is -0.940. The van der Waals surface area contributed by atoms with Gasteiger partial charge < -0.3 is 5.32 Å². The number of halogens is 1. The predicted octanol–water partition coefficient (Wildman–Crippen LogP) is 2.52. The first-order valence-corrected chi connectivity index (χ1v) is 6.85. The van der Waals surface area contributed by atoms with Crippen molar-refractivity contribution >= 4 is 21.6 Å². The summed E-state index contributed by atoms with van der Waals surface area (Å²) >= 11 is 3.48. The quantitative estimate of drug-likeness (QED) is 0.946. The summed E-state index contributed by atoms with van der Waals surface area (Å²) in [5, 5.41) is 12.0. The number of fused-ring (bicyclic) bond motifs is 1. The average Bonchev–Trinajstić information content (AvgIpc) is 2.95. The molecule has 17 heavy (non-hydrogen) atoms. The molecule has 2 aromatic rings. The van der Waals surface area contributed by atoms with Gasteiger partial charge in [-0.15, -0.1) is 10.2 Å². The molecular formula is C12H15BrN4. The standard InChI is InChI=1S/C12H15BrN4/c13-10-6-3-7-17-11(15-16-12(10)17)8-14-9-4-1-2-5-9/h3,6-7,9,14H,1-2,4-5,8H2. The molecule has 0 amide bonds. The molecule has 2 aromatic heterocycles. The van der Waals surface area contributed by atoms with E-state index < -0.39 is 0 Å². The van der Waals surface area contributed by atoms with Gasteiger partial charge in [-0.1, -0.05) is 12.8 Å². The van der Waals surface area contributed by atoms with Gasteiger partial charge in [-0.05, 0) is 40.9 Å². The van der Waals surface area contributed by atoms with Crippen LogP contribution in [0.1, 0.15) is 31.5 Å². The van der Waals surface area contributed by atoms with Crippen molar-refractivity contribution in [3.05, 3.63) is 28.6 Å². The zero-order chi connectivity index (χ0) is 11.7. The lowest BCUT2D eigenvalue weighted by Crippen LogP contribution is -2.26. The first-order chi connectivity index (χ1) is 8.34. The van der Waals surface area contributed by atoms with E-state index in [9.17, 15) is 0 Å². The van der Waals surface area contributed by atoms with Gasteiger partial charge in [0.25, 0.3) is 0 Å². The lowest BCUT2D eigenvalue weighted by Gasteiger charge is -2.10. The lowest BCUT2D eigenvalue weighted by molar-refractivity contribution is 0.512. The third-order valence-corrected chi connectivity index (χ3v) is 3.98. The molecule has 0 spiro atoms. The van der Waals surface area contributed by atoms with Crippen LogP contribution < -0.4 is 5.32 Å². The van der Waals surface area contributed by atoms with Gasteiger partial charge in [-0.2, -0.15) is 0 Å². The van der Waals surface area contributed by atoms with E-state index >= 15 is 0 Å². The Morgan fingerprint density at radius 2 is 2.18 bits per heavy atom. The highest BCUT2D eigenvalue weighted by Gasteiger charge is 2.15. The van der Waals surface area contributed by atoms with Crippen LogP contribution in [0, 0.1) is 0 Å². The van der Waals surface area contributed by atoms with Gasteiger partial charge in [-0.25, -0.2) is 0 Å². The summed E-state index contributed by atoms with van der Waals surface area (Å²) in [5.41, 5.74) is 0.885. The van der Waals surface area contributed by atoms with Crippen LogP contribution in [0.25, 0.3) is 5.65 Å². The number of nitrogens with one attached hydrogen (secondary N) is 1. The minimum absolute atomic E-state index is 0.662. The van der Waals surface area contributed by atoms with Gasteiger partial charge in [0, 0.05) is 12.2 Å². The average molecular weight is 295 g/mol. The SMILES string of the molecule is Brc1cccn2c(CNC3CCCC3)nnc12. The Bertz CT molecular complexity index is 516. The molecular weight excluding hydrogens is 280 g/mol. The van der Waals surface area contributed by atoms with E-state index in [1.54, 1.807) is 0 Å². The molecule has 1 N–H and O–H groups in total. The summed E-state index contributed by atoms with van der Waals surface area (Å²) in [6, 6.07) is 4.65. The molecule has 0 radical (unpaired) electrons. The van der Waals surface area contributed by atoms with E-state index in [-0.39, 0.29) is 0 Å². The molecule has 1 fully saturated rings. The second-order valence-electron chi connectivity index (χ2n) is 4.53. The summed E-state index contributed by atoms with van der Waals surface area (Å²) in [4.78, 5) is 0. The molecule has 0 saturated heterocycles. The van der Waals surface area contributed by atoms with E-state index in [2.05, 4.69) is 31.4 Å². The van der Waals surface area contributed by atoms with Crippen LogP contribution in [0.5, 0.6) is 0 Å². The zero-order valence-corrected chi connectivity index (χ0v) is 11.2. The fraction of sp³-hybridized carbons (Fsp3) is 0.500. The second-order valence-corrected chi connectivity index (χ2v) is 5.38. The topological polar surface area (TPSA) is 42.2 Å². The van der Waals surface area contributed by atoms with Crippen molar-refractivity contribution in [2.45, 2.75) is 38.3 Å². The van der Waals surface area contributed by atoms with E-state index in [0.29, 0.717) is 6.04 Å². The number of pyridine rings is 1. The number of hydrogen-bond acceptors (Lipinski definition) is 3. The number of aromatic nitrogens is 3. The fourth-order valence-electron chi connectivity index (χ4n) is 2.42. The molecule has 90 valence electrons. The Morgan fingerprint density at radius 3 is 3.00 bits per heavy atom. The highest BCUT2D eigenvalue weighted by Crippen LogP contribution is 2.19. The Balaban J connectivity index is 1.78. The van der Waals surface area contributed by atoms with Crippen molar-refractivity contribution < 1.29 is 0 Å². The summed E-state index contributed by atoms with van der Waals surface area (Å²) in [7, 11) is 0. The fourth-order valence-corrected chi connectivity index (χ4v) is 2.84. The van der Waals surface area contributed by atoms with Gasteiger partial charge in [0.2, 0.25) is 0 Å². The van der Waals surface area contributed by atoms with Gasteiger partial charge in [0.15, 0.2) is 11.5 Å². The Kier molecular flexibility index (Phi) is 3.11. The molecule has 1 saturated carbocycles. The normalized spacial score (nSPS) is 17.0. The van der Waals surface area contributed by atoms with E-state index in [1.165, 1.54) is 25.7 Å². The Morgan fingerprint density at radius 1 is 1.35 bits per heavy atom. The summed E-state index contributed by atoms with van der Waals surface area (Å²) in [6.07, 6.45) is 7.29. The molecule has 0 aromatic carbocycles. The maximum Gasteiger partial charge on any atom is 0.175 e. The van der Waals surface area contributed by atoms with Crippen LogP contribution in [-0.2, 0) is 6.54 Å². The van der Waals surface area contributed by atoms with Crippen molar-refractivity contribution in [1.29, 1.82) is 0 Å². The predicted molar refractivity (Wildman–Crippen MR) is 69.8 cm³/mol. The maximum atomic E-state index is 4.24. The molecule has 5 heteroatoms. The summed E-state index contributed by atoms with van der Waals surface area (Å²) < 4.78 is 3.02. The van der Waals surface area contributed by atoms with Gasteiger partial charge in [-0.3, -0.25) is 4.40 Å². The summed E-state index contributed by atoms with van der Waals surface area (Å²) in [6.45, 7) is 0.794. The van der Waals surface area contributed by atoms with Crippen molar-refractivity contribution in [3.63, 3.8) is 0 Å². The van der Waals surface area contributed by atoms with Crippen LogP contribution in [0.15, 0.2) is 22.8 Å². The zero-order valence-electron chi connectivity index (χ0n) is 9.56. The van der Waals surface area contributed by atoms with E-state index in [1.807, 2.05) is 22.7 Å². The smallest absolute Gasteiger partial charge is 0.175 e. The minimum atomic E-state index is 0.662. The van der Waals surface area contributed by atoms with Crippen LogP contribution in [0.2, 0.25) is 0 Å². The van der Waals surface area contributed by atoms with E-state index in [4.69, 9.17) is 0 Å². The molecule has 3 rings (SSSR count). The monoisotopic (exact) mass is 294 g/mol. The first kappa shape index (κ1) is 11.2. The molecule has 0 bridgehead atoms. The lowest BCUT2D eigenvalue weighted by atomic mass is 10.2. The Labute approximate surface area is 109 Å².